The molecule has 2 aromatic heterocycles. The molecule has 0 aliphatic rings. The van der Waals surface area contributed by atoms with Gasteiger partial charge in [0, 0.05) is 6.04 Å². The van der Waals surface area contributed by atoms with E-state index in [1.165, 1.54) is 5.51 Å². The second kappa shape index (κ2) is 4.09. The molecule has 0 spiro atoms. The molecule has 2 aromatic rings. The van der Waals surface area contributed by atoms with Crippen LogP contribution in [0.25, 0.3) is 4.96 Å². The first-order valence-electron chi connectivity index (χ1n) is 4.78. The molecule has 1 N–H and O–H groups in total. The van der Waals surface area contributed by atoms with Gasteiger partial charge in [-0.15, -0.1) is 0 Å². The average Bonchev–Trinajstić information content (AvgIpc) is 2.64. The van der Waals surface area contributed by atoms with Gasteiger partial charge in [0.05, 0.1) is 4.92 Å². The number of anilines is 1. The zero-order valence-corrected chi connectivity index (χ0v) is 9.89. The highest BCUT2D eigenvalue weighted by atomic mass is 32.1. The lowest BCUT2D eigenvalue weighted by molar-refractivity contribution is -0.385. The number of nitrogens with one attached hydrogen (secondary N) is 1. The monoisotopic (exact) mass is 255 g/mol. The van der Waals surface area contributed by atoms with Gasteiger partial charge in [0.25, 0.3) is 0 Å². The van der Waals surface area contributed by atoms with Crippen LogP contribution >= 0.6 is 11.3 Å². The van der Waals surface area contributed by atoms with Crippen LogP contribution in [0.15, 0.2) is 10.3 Å². The second-order valence-electron chi connectivity index (χ2n) is 3.60. The first-order valence-corrected chi connectivity index (χ1v) is 5.66. The molecule has 0 saturated carbocycles. The predicted molar refractivity (Wildman–Crippen MR) is 62.5 cm³/mol. The van der Waals surface area contributed by atoms with Crippen molar-refractivity contribution >= 4 is 27.8 Å². The van der Waals surface area contributed by atoms with E-state index in [-0.39, 0.29) is 11.9 Å². The minimum absolute atomic E-state index is 0.0146. The Morgan fingerprint density at radius 1 is 1.59 bits per heavy atom. The average molecular weight is 255 g/mol. The molecule has 0 aliphatic carbocycles. The molecule has 0 aromatic carbocycles. The Balaban J connectivity index is 2.75. The van der Waals surface area contributed by atoms with E-state index in [1.807, 2.05) is 0 Å². The van der Waals surface area contributed by atoms with Crippen LogP contribution in [0.2, 0.25) is 0 Å². The van der Waals surface area contributed by atoms with Gasteiger partial charge in [0.2, 0.25) is 10.8 Å². The number of rotatable bonds is 3. The van der Waals surface area contributed by atoms with Crippen molar-refractivity contribution in [3.05, 3.63) is 26.0 Å². The van der Waals surface area contributed by atoms with Gasteiger partial charge >= 0.3 is 11.2 Å². The molecule has 2 rings (SSSR count). The molecule has 0 radical (unpaired) electrons. The number of aromatic nitrogens is 3. The fourth-order valence-corrected chi connectivity index (χ4v) is 1.93. The van der Waals surface area contributed by atoms with Crippen molar-refractivity contribution in [1.29, 1.82) is 0 Å². The Labute approximate surface area is 99.1 Å². The highest BCUT2D eigenvalue weighted by Gasteiger charge is 2.24. The van der Waals surface area contributed by atoms with E-state index < -0.39 is 16.2 Å². The van der Waals surface area contributed by atoms with Gasteiger partial charge in [0.15, 0.2) is 0 Å². The van der Waals surface area contributed by atoms with E-state index in [1.54, 1.807) is 13.8 Å². The van der Waals surface area contributed by atoms with Crippen LogP contribution in [0.3, 0.4) is 0 Å². The number of hydrogen-bond acceptors (Lipinski definition) is 7. The molecule has 0 amide bonds. The Bertz CT molecular complexity index is 632. The lowest BCUT2D eigenvalue weighted by atomic mass is 10.3. The van der Waals surface area contributed by atoms with E-state index >= 15 is 0 Å². The molecular formula is C8H9N5O3S. The van der Waals surface area contributed by atoms with Crippen LogP contribution in [0, 0.1) is 10.1 Å². The molecule has 8 nitrogen and oxygen atoms in total. The summed E-state index contributed by atoms with van der Waals surface area (Å²) in [5.41, 5.74) is 0.0542. The molecule has 0 unspecified atom stereocenters. The van der Waals surface area contributed by atoms with E-state index in [4.69, 9.17) is 0 Å². The molecule has 17 heavy (non-hydrogen) atoms. The van der Waals surface area contributed by atoms with Crippen molar-refractivity contribution in [1.82, 2.24) is 14.6 Å². The van der Waals surface area contributed by atoms with Gasteiger partial charge in [-0.05, 0) is 13.8 Å². The van der Waals surface area contributed by atoms with Crippen molar-refractivity contribution in [2.24, 2.45) is 0 Å². The third-order valence-corrected chi connectivity index (χ3v) is 2.61. The van der Waals surface area contributed by atoms with Crippen molar-refractivity contribution < 1.29 is 4.92 Å². The zero-order valence-electron chi connectivity index (χ0n) is 9.08. The largest absolute Gasteiger partial charge is 0.377 e. The number of fused-ring (bicyclic) bond motifs is 1. The van der Waals surface area contributed by atoms with Crippen LogP contribution in [0.4, 0.5) is 11.5 Å². The Morgan fingerprint density at radius 2 is 2.29 bits per heavy atom. The predicted octanol–water partition coefficient (Wildman–Crippen LogP) is 0.879. The molecule has 2 heterocycles. The molecule has 90 valence electrons. The van der Waals surface area contributed by atoms with E-state index in [9.17, 15) is 14.9 Å². The highest BCUT2D eigenvalue weighted by molar-refractivity contribution is 7.14. The normalized spacial score (nSPS) is 11.0. The lowest BCUT2D eigenvalue weighted by Gasteiger charge is -2.08. The molecule has 0 bridgehead atoms. The van der Waals surface area contributed by atoms with Gasteiger partial charge in [-0.1, -0.05) is 11.3 Å². The summed E-state index contributed by atoms with van der Waals surface area (Å²) in [5, 5.41) is 17.4. The summed E-state index contributed by atoms with van der Waals surface area (Å²) in [6.45, 7) is 3.61. The van der Waals surface area contributed by atoms with E-state index in [0.29, 0.717) is 4.96 Å². The summed E-state index contributed by atoms with van der Waals surface area (Å²) in [7, 11) is 0. The minimum atomic E-state index is -0.774. The first-order chi connectivity index (χ1) is 8.00. The van der Waals surface area contributed by atoms with Crippen molar-refractivity contribution in [2.45, 2.75) is 19.9 Å². The third kappa shape index (κ3) is 1.96. The van der Waals surface area contributed by atoms with Crippen LogP contribution in [-0.4, -0.2) is 25.6 Å². The fourth-order valence-electron chi connectivity index (χ4n) is 1.32. The molecular weight excluding hydrogens is 246 g/mol. The maximum atomic E-state index is 11.8. The van der Waals surface area contributed by atoms with Gasteiger partial charge in [-0.25, -0.2) is 0 Å². The molecule has 0 fully saturated rings. The maximum Gasteiger partial charge on any atom is 0.377 e. The number of nitrogens with zero attached hydrogens (tertiary/aromatic N) is 4. The van der Waals surface area contributed by atoms with Gasteiger partial charge in [-0.3, -0.25) is 14.9 Å². The summed E-state index contributed by atoms with van der Waals surface area (Å²) in [5.74, 6) is -0.0146. The smallest absolute Gasteiger partial charge is 0.362 e. The second-order valence-corrected chi connectivity index (χ2v) is 4.42. The molecule has 0 atom stereocenters. The summed E-state index contributed by atoms with van der Waals surface area (Å²) in [6.07, 6.45) is 0. The number of nitro groups is 1. The number of hydrogen-bond donors (Lipinski definition) is 1. The molecule has 0 saturated heterocycles. The standard InChI is InChI=1S/C8H9N5O3S/c1-4(2)10-6-5(13(15)16)7(14)12-8(11-6)17-3-9-12/h3-4,10H,1-2H3. The Kier molecular flexibility index (Phi) is 2.76. The SMILES string of the molecule is CC(C)Nc1nc2scnn2c(=O)c1[N+](=O)[O-]. The highest BCUT2D eigenvalue weighted by Crippen LogP contribution is 2.19. The fraction of sp³-hybridized carbons (Fsp3) is 0.375. The topological polar surface area (TPSA) is 102 Å². The molecule has 0 aliphatic heterocycles. The van der Waals surface area contributed by atoms with Crippen molar-refractivity contribution in [3.8, 4) is 0 Å². The Hall–Kier alpha value is -2.03. The quantitative estimate of drug-likeness (QED) is 0.645. The minimum Gasteiger partial charge on any atom is -0.362 e. The van der Waals surface area contributed by atoms with E-state index in [0.717, 1.165) is 15.9 Å². The van der Waals surface area contributed by atoms with Crippen LogP contribution in [0.1, 0.15) is 13.8 Å². The summed E-state index contributed by atoms with van der Waals surface area (Å²) in [6, 6.07) is -0.0593. The summed E-state index contributed by atoms with van der Waals surface area (Å²) in [4.78, 5) is 26.3. The summed E-state index contributed by atoms with van der Waals surface area (Å²) >= 11 is 1.14. The summed E-state index contributed by atoms with van der Waals surface area (Å²) < 4.78 is 0.925. The van der Waals surface area contributed by atoms with Gasteiger partial charge < -0.3 is 5.32 Å². The first kappa shape index (κ1) is 11.5. The Morgan fingerprint density at radius 3 is 2.88 bits per heavy atom. The maximum absolute atomic E-state index is 11.8. The van der Waals surface area contributed by atoms with Crippen LogP contribution in [0.5, 0.6) is 0 Å². The van der Waals surface area contributed by atoms with Crippen molar-refractivity contribution in [2.75, 3.05) is 5.32 Å². The van der Waals surface area contributed by atoms with Crippen LogP contribution < -0.4 is 10.9 Å². The van der Waals surface area contributed by atoms with Crippen LogP contribution in [-0.2, 0) is 0 Å². The lowest BCUT2D eigenvalue weighted by Crippen LogP contribution is -2.23. The third-order valence-electron chi connectivity index (χ3n) is 1.94. The molecule has 9 heteroatoms. The van der Waals surface area contributed by atoms with Crippen molar-refractivity contribution in [3.63, 3.8) is 0 Å². The van der Waals surface area contributed by atoms with Gasteiger partial charge in [-0.2, -0.15) is 14.6 Å². The van der Waals surface area contributed by atoms with E-state index in [2.05, 4.69) is 15.4 Å². The van der Waals surface area contributed by atoms with Gasteiger partial charge in [0.1, 0.15) is 5.51 Å². The zero-order chi connectivity index (χ0) is 12.6.